The Labute approximate surface area is 184 Å². The largest absolute Gasteiger partial charge is 0.358 e. The number of amides is 1. The molecule has 9 nitrogen and oxygen atoms in total. The normalized spacial score (nSPS) is 20.1. The Bertz CT molecular complexity index is 799. The first-order valence-electron chi connectivity index (χ1n) is 9.76. The van der Waals surface area contributed by atoms with E-state index in [1.165, 1.54) is 12.1 Å². The number of methoxy groups -OCH3 is 1. The van der Waals surface area contributed by atoms with Crippen LogP contribution in [0.3, 0.4) is 0 Å². The number of aliphatic hydroxyl groups is 1. The van der Waals surface area contributed by atoms with Crippen LogP contribution in [0.5, 0.6) is 11.5 Å². The quantitative estimate of drug-likeness (QED) is 0.471. The van der Waals surface area contributed by atoms with Crippen LogP contribution in [0.4, 0.5) is 5.69 Å². The van der Waals surface area contributed by atoms with Gasteiger partial charge in [-0.15, -0.1) is 0 Å². The minimum atomic E-state index is -1.59. The molecule has 2 atom stereocenters. The van der Waals surface area contributed by atoms with E-state index in [9.17, 15) is 13.6 Å². The third kappa shape index (κ3) is 5.08. The maximum atomic E-state index is 13.1. The van der Waals surface area contributed by atoms with Crippen molar-refractivity contribution in [1.82, 2.24) is 4.90 Å². The van der Waals surface area contributed by atoms with Gasteiger partial charge in [0.05, 0.1) is 0 Å². The zero-order chi connectivity index (χ0) is 21.0. The monoisotopic (exact) mass is 459 g/mol. The summed E-state index contributed by atoms with van der Waals surface area (Å²) in [6, 6.07) is 2.84. The Morgan fingerprint density at radius 2 is 2.07 bits per heavy atom. The van der Waals surface area contributed by atoms with E-state index < -0.39 is 28.3 Å². The molecule has 10 heteroatoms. The van der Waals surface area contributed by atoms with Crippen molar-refractivity contribution in [2.24, 2.45) is 3.90 Å². The van der Waals surface area contributed by atoms with Crippen molar-refractivity contribution in [3.63, 3.8) is 0 Å². The van der Waals surface area contributed by atoms with E-state index in [0.29, 0.717) is 55.4 Å². The Kier molecular flexibility index (Phi) is 8.97. The van der Waals surface area contributed by atoms with Gasteiger partial charge in [0, 0.05) is 0 Å². The number of hydrogen-bond acceptors (Lipinski definition) is 8. The number of rotatable bonds is 8. The second-order valence-electron chi connectivity index (χ2n) is 7.28. The molecule has 1 N–H and O–H groups in total. The summed E-state index contributed by atoms with van der Waals surface area (Å²) >= 11 is -1.59. The number of fused-ring (bicyclic) bond motifs is 2. The van der Waals surface area contributed by atoms with Gasteiger partial charge < -0.3 is 7.43 Å². The number of ether oxygens (including phenoxy) is 3. The van der Waals surface area contributed by atoms with Gasteiger partial charge in [0.1, 0.15) is 0 Å². The molecule has 0 aromatic heterocycles. The standard InChI is InChI=1S/C19H27N3O5.CH3.O.V/c1-12(2)26-8-5-9-27-17-11-15-13(10-16(17)25-3)18(23)21-7-4-6-14(21)19(24)22(15)20;;;/h10-12,14,19,24H,4-9H2,1-3H3;1H3;;/q;-1;;/t14-,19?;;;/m0.../s1. The van der Waals surface area contributed by atoms with Crippen molar-refractivity contribution in [2.45, 2.75) is 51.5 Å². The van der Waals surface area contributed by atoms with Crippen molar-refractivity contribution in [2.75, 3.05) is 31.9 Å². The van der Waals surface area contributed by atoms with Crippen LogP contribution in [0.25, 0.3) is 0 Å². The summed E-state index contributed by atoms with van der Waals surface area (Å²) in [7, 11) is 1.51. The van der Waals surface area contributed by atoms with Crippen molar-refractivity contribution in [3.05, 3.63) is 25.1 Å². The zero-order valence-electron chi connectivity index (χ0n) is 17.9. The first kappa shape index (κ1) is 24.5. The fourth-order valence-corrected chi connectivity index (χ4v) is 4.14. The molecule has 2 aliphatic rings. The van der Waals surface area contributed by atoms with E-state index in [1.807, 2.05) is 13.8 Å². The van der Waals surface area contributed by atoms with E-state index in [1.54, 1.807) is 17.0 Å². The molecule has 0 bridgehead atoms. The second kappa shape index (κ2) is 11.0. The molecule has 0 aliphatic carbocycles. The molecule has 2 aliphatic heterocycles. The van der Waals surface area contributed by atoms with Crippen LogP contribution in [0.1, 0.15) is 43.5 Å². The number of carbonyl (C=O) groups excluding carboxylic acids is 1. The molecule has 30 heavy (non-hydrogen) atoms. The third-order valence-electron chi connectivity index (χ3n) is 5.04. The fraction of sp³-hybridized carbons (Fsp3) is 0.600. The molecule has 1 fully saturated rings. The molecule has 0 saturated carbocycles. The van der Waals surface area contributed by atoms with E-state index in [-0.39, 0.29) is 19.4 Å². The van der Waals surface area contributed by atoms with Crippen LogP contribution in [-0.4, -0.2) is 61.2 Å². The molecular weight excluding hydrogens is 429 g/mol. The van der Waals surface area contributed by atoms with Crippen LogP contribution < -0.4 is 14.5 Å². The minimum absolute atomic E-state index is 0. The van der Waals surface area contributed by atoms with E-state index >= 15 is 0 Å². The molecule has 0 radical (unpaired) electrons. The SMILES string of the molecule is COc1cc2c(cc1OCCCOC(C)C)N([N]=[V]=[O])C(O)[C@@H]1CCCN1C2=O.[CH3-]. The average molecular weight is 459 g/mol. The van der Waals surface area contributed by atoms with E-state index in [0.717, 1.165) is 6.42 Å². The molecule has 1 aromatic rings. The maximum Gasteiger partial charge on any atom is -0.358 e. The summed E-state index contributed by atoms with van der Waals surface area (Å²) in [5.74, 6) is 0.654. The third-order valence-corrected chi connectivity index (χ3v) is 5.46. The predicted molar refractivity (Wildman–Crippen MR) is 106 cm³/mol. The summed E-state index contributed by atoms with van der Waals surface area (Å²) in [5, 5.41) is 12.2. The fourth-order valence-electron chi connectivity index (χ4n) is 3.70. The number of carbonyl (C=O) groups is 1. The van der Waals surface area contributed by atoms with E-state index in [4.69, 9.17) is 14.2 Å². The molecule has 3 rings (SSSR count). The van der Waals surface area contributed by atoms with Crippen LogP contribution in [0.2, 0.25) is 0 Å². The molecule has 167 valence electrons. The molecule has 2 heterocycles. The van der Waals surface area contributed by atoms with Crippen molar-refractivity contribution < 1.29 is 43.8 Å². The number of nitrogens with zero attached hydrogens (tertiary/aromatic N) is 3. The molecule has 1 saturated heterocycles. The van der Waals surface area contributed by atoms with Gasteiger partial charge in [-0.1, -0.05) is 0 Å². The van der Waals surface area contributed by atoms with Gasteiger partial charge in [-0.05, 0) is 0 Å². The van der Waals surface area contributed by atoms with E-state index in [2.05, 4.69) is 3.90 Å². The van der Waals surface area contributed by atoms with Crippen molar-refractivity contribution in [1.29, 1.82) is 0 Å². The van der Waals surface area contributed by atoms with Crippen LogP contribution in [0, 0.1) is 7.43 Å². The average Bonchev–Trinajstić information content (AvgIpc) is 3.17. The Hall–Kier alpha value is -1.81. The Morgan fingerprint density at radius 1 is 1.30 bits per heavy atom. The van der Waals surface area contributed by atoms with Crippen LogP contribution in [-0.2, 0) is 24.5 Å². The zero-order valence-corrected chi connectivity index (χ0v) is 19.3. The second-order valence-corrected chi connectivity index (χ2v) is 7.81. The maximum absolute atomic E-state index is 13.1. The Morgan fingerprint density at radius 3 is 2.73 bits per heavy atom. The molecular formula is C20H30N3O6V-. The molecule has 1 aromatic carbocycles. The number of aliphatic hydroxyl groups excluding tert-OH is 1. The smallest absolute Gasteiger partial charge is 0.358 e. The van der Waals surface area contributed by atoms with Crippen molar-refractivity contribution >= 4 is 11.6 Å². The van der Waals surface area contributed by atoms with Gasteiger partial charge in [0.25, 0.3) is 0 Å². The number of benzene rings is 1. The predicted octanol–water partition coefficient (Wildman–Crippen LogP) is 2.61. The first-order valence-corrected chi connectivity index (χ1v) is 11.0. The first-order chi connectivity index (χ1) is 14.0. The van der Waals surface area contributed by atoms with Crippen LogP contribution in [0.15, 0.2) is 16.0 Å². The van der Waals surface area contributed by atoms with Gasteiger partial charge in [0.2, 0.25) is 0 Å². The summed E-state index contributed by atoms with van der Waals surface area (Å²) < 4.78 is 32.2. The van der Waals surface area contributed by atoms with Crippen LogP contribution >= 0.6 is 0 Å². The van der Waals surface area contributed by atoms with Crippen molar-refractivity contribution in [3.8, 4) is 11.5 Å². The summed E-state index contributed by atoms with van der Waals surface area (Å²) in [6.45, 7) is 5.48. The molecule has 0 spiro atoms. The van der Waals surface area contributed by atoms with Gasteiger partial charge in [-0.25, -0.2) is 0 Å². The summed E-state index contributed by atoms with van der Waals surface area (Å²) in [6.07, 6.45) is 1.25. The summed E-state index contributed by atoms with van der Waals surface area (Å²) in [5.41, 5.74) is 0.719. The summed E-state index contributed by atoms with van der Waals surface area (Å²) in [4.78, 5) is 14.8. The van der Waals surface area contributed by atoms with Gasteiger partial charge in [0.15, 0.2) is 0 Å². The topological polar surface area (TPSA) is 101 Å². The minimum Gasteiger partial charge on any atom is -0.358 e. The van der Waals surface area contributed by atoms with Gasteiger partial charge >= 0.3 is 177 Å². The molecule has 1 unspecified atom stereocenters. The van der Waals surface area contributed by atoms with Gasteiger partial charge in [-0.3, -0.25) is 0 Å². The number of hydrogen-bond donors (Lipinski definition) is 1. The number of anilines is 1. The molecule has 1 amide bonds. The Balaban J connectivity index is 0.00000320. The van der Waals surface area contributed by atoms with Gasteiger partial charge in [-0.2, -0.15) is 0 Å².